The van der Waals surface area contributed by atoms with E-state index < -0.39 is 34.7 Å². The number of hydrogen-bond acceptors (Lipinski definition) is 1. The summed E-state index contributed by atoms with van der Waals surface area (Å²) in [5.41, 5.74) is 3.33. The van der Waals surface area contributed by atoms with Crippen molar-refractivity contribution in [2.45, 2.75) is 17.8 Å². The van der Waals surface area contributed by atoms with Gasteiger partial charge in [0.1, 0.15) is 5.82 Å². The van der Waals surface area contributed by atoms with E-state index in [1.54, 1.807) is 0 Å². The van der Waals surface area contributed by atoms with E-state index in [-0.39, 0.29) is 17.7 Å². The molecule has 0 aromatic heterocycles. The van der Waals surface area contributed by atoms with Gasteiger partial charge in [-0.05, 0) is 17.2 Å². The average molecular weight is 313 g/mol. The third-order valence-corrected chi connectivity index (χ3v) is 4.04. The minimum atomic E-state index is -4.66. The molecule has 0 fully saturated rings. The summed E-state index contributed by atoms with van der Waals surface area (Å²) in [6.45, 7) is -0.181. The quantitative estimate of drug-likeness (QED) is 0.788. The zero-order valence-electron chi connectivity index (χ0n) is 11.3. The molecule has 1 aliphatic carbocycles. The van der Waals surface area contributed by atoms with E-state index in [4.69, 9.17) is 5.73 Å². The summed E-state index contributed by atoms with van der Waals surface area (Å²) < 4.78 is 71.8. The summed E-state index contributed by atoms with van der Waals surface area (Å²) in [5.74, 6) is -11.5. The van der Waals surface area contributed by atoms with Crippen LogP contribution in [-0.2, 0) is 11.8 Å². The largest absolute Gasteiger partial charge is 0.342 e. The van der Waals surface area contributed by atoms with Crippen molar-refractivity contribution in [1.29, 1.82) is 0 Å². The van der Waals surface area contributed by atoms with Crippen molar-refractivity contribution < 1.29 is 22.0 Å². The molecule has 0 bridgehead atoms. The smallest absolute Gasteiger partial charge is 0.330 e. The van der Waals surface area contributed by atoms with E-state index >= 15 is 0 Å². The maximum absolute atomic E-state index is 14.5. The van der Waals surface area contributed by atoms with E-state index in [0.717, 1.165) is 12.1 Å². The lowest BCUT2D eigenvalue weighted by molar-refractivity contribution is -0.224. The Kier molecular flexibility index (Phi) is 3.25. The zero-order chi connectivity index (χ0) is 16.1. The Balaban J connectivity index is 2.46. The highest BCUT2D eigenvalue weighted by Gasteiger charge is 2.63. The van der Waals surface area contributed by atoms with Gasteiger partial charge in [-0.15, -0.1) is 0 Å². The van der Waals surface area contributed by atoms with Crippen LogP contribution in [-0.4, -0.2) is 6.54 Å². The van der Waals surface area contributed by atoms with Crippen LogP contribution in [0.2, 0.25) is 0 Å². The summed E-state index contributed by atoms with van der Waals surface area (Å²) in [6.07, 6.45) is 0. The molecule has 0 saturated heterocycles. The lowest BCUT2D eigenvalue weighted by Gasteiger charge is -2.27. The highest BCUT2D eigenvalue weighted by molar-refractivity contribution is 5.50. The standard InChI is InChI=1S/C16H12F5N/c17-13-7-3-5-10-11(8-22)9-4-1-2-6-12(9)15(18,19)16(20,21)14(10)13/h1-7,11H,8,22H2. The molecule has 0 saturated carbocycles. The van der Waals surface area contributed by atoms with Gasteiger partial charge in [0.25, 0.3) is 0 Å². The van der Waals surface area contributed by atoms with E-state index in [1.807, 2.05) is 0 Å². The molecule has 2 aromatic carbocycles. The topological polar surface area (TPSA) is 26.0 Å². The molecule has 1 atom stereocenters. The third kappa shape index (κ3) is 1.80. The summed E-state index contributed by atoms with van der Waals surface area (Å²) in [6, 6.07) is 8.20. The highest BCUT2D eigenvalue weighted by atomic mass is 19.3. The molecule has 0 amide bonds. The van der Waals surface area contributed by atoms with Crippen molar-refractivity contribution >= 4 is 0 Å². The molecule has 2 aromatic rings. The molecular weight excluding hydrogens is 301 g/mol. The van der Waals surface area contributed by atoms with Crippen LogP contribution in [0, 0.1) is 5.82 Å². The van der Waals surface area contributed by atoms with Gasteiger partial charge in [-0.1, -0.05) is 36.4 Å². The Morgan fingerprint density at radius 2 is 1.50 bits per heavy atom. The van der Waals surface area contributed by atoms with Crippen LogP contribution >= 0.6 is 0 Å². The van der Waals surface area contributed by atoms with E-state index in [9.17, 15) is 22.0 Å². The summed E-state index contributed by atoms with van der Waals surface area (Å²) in [7, 11) is 0. The molecule has 0 heterocycles. The first-order valence-electron chi connectivity index (χ1n) is 6.66. The number of benzene rings is 2. The number of rotatable bonds is 1. The Morgan fingerprint density at radius 1 is 0.864 bits per heavy atom. The SMILES string of the molecule is NCC1c2ccccc2C(F)(F)C(F)(F)c2c(F)cccc21. The van der Waals surface area contributed by atoms with E-state index in [0.29, 0.717) is 0 Å². The Hall–Kier alpha value is -1.95. The molecule has 116 valence electrons. The predicted octanol–water partition coefficient (Wildman–Crippen LogP) is 4.11. The monoisotopic (exact) mass is 313 g/mol. The molecule has 6 heteroatoms. The molecule has 0 spiro atoms. The van der Waals surface area contributed by atoms with Crippen LogP contribution in [0.4, 0.5) is 22.0 Å². The van der Waals surface area contributed by atoms with Gasteiger partial charge in [0.05, 0.1) is 5.56 Å². The third-order valence-electron chi connectivity index (χ3n) is 4.04. The van der Waals surface area contributed by atoms with Gasteiger partial charge < -0.3 is 5.73 Å². The van der Waals surface area contributed by atoms with Crippen molar-refractivity contribution in [3.63, 3.8) is 0 Å². The second-order valence-corrected chi connectivity index (χ2v) is 5.23. The number of nitrogens with two attached hydrogens (primary N) is 1. The molecular formula is C16H12F5N. The fourth-order valence-corrected chi connectivity index (χ4v) is 3.00. The summed E-state index contributed by atoms with van der Waals surface area (Å²) >= 11 is 0. The maximum atomic E-state index is 14.5. The van der Waals surface area contributed by atoms with E-state index in [2.05, 4.69) is 0 Å². The fraction of sp³-hybridized carbons (Fsp3) is 0.250. The van der Waals surface area contributed by atoms with Gasteiger partial charge in [0, 0.05) is 18.0 Å². The number of hydrogen-bond donors (Lipinski definition) is 1. The second-order valence-electron chi connectivity index (χ2n) is 5.23. The zero-order valence-corrected chi connectivity index (χ0v) is 11.3. The van der Waals surface area contributed by atoms with Crippen LogP contribution in [0.5, 0.6) is 0 Å². The molecule has 0 aliphatic heterocycles. The molecule has 2 N–H and O–H groups in total. The van der Waals surface area contributed by atoms with Crippen molar-refractivity contribution in [1.82, 2.24) is 0 Å². The van der Waals surface area contributed by atoms with Crippen LogP contribution in [0.25, 0.3) is 0 Å². The Labute approximate surface area is 123 Å². The lowest BCUT2D eigenvalue weighted by atomic mass is 9.88. The highest BCUT2D eigenvalue weighted by Crippen LogP contribution is 2.56. The van der Waals surface area contributed by atoms with Gasteiger partial charge in [0.15, 0.2) is 0 Å². The lowest BCUT2D eigenvalue weighted by Crippen LogP contribution is -2.36. The fourth-order valence-electron chi connectivity index (χ4n) is 3.00. The molecule has 0 radical (unpaired) electrons. The molecule has 1 nitrogen and oxygen atoms in total. The van der Waals surface area contributed by atoms with Crippen molar-refractivity contribution in [3.05, 3.63) is 70.5 Å². The van der Waals surface area contributed by atoms with Crippen molar-refractivity contribution in [3.8, 4) is 0 Å². The maximum Gasteiger partial charge on any atom is 0.342 e. The van der Waals surface area contributed by atoms with Crippen LogP contribution in [0.3, 0.4) is 0 Å². The minimum Gasteiger partial charge on any atom is -0.330 e. The number of fused-ring (bicyclic) bond motifs is 2. The summed E-state index contributed by atoms with van der Waals surface area (Å²) in [5, 5.41) is 0. The second kappa shape index (κ2) is 4.78. The normalized spacial score (nSPS) is 21.6. The number of alkyl halides is 4. The molecule has 22 heavy (non-hydrogen) atoms. The van der Waals surface area contributed by atoms with Gasteiger partial charge in [-0.3, -0.25) is 0 Å². The molecule has 1 unspecified atom stereocenters. The first-order chi connectivity index (χ1) is 10.3. The predicted molar refractivity (Wildman–Crippen MR) is 71.5 cm³/mol. The summed E-state index contributed by atoms with van der Waals surface area (Å²) in [4.78, 5) is 0. The van der Waals surface area contributed by atoms with Crippen molar-refractivity contribution in [2.24, 2.45) is 5.73 Å². The molecule has 3 rings (SSSR count). The van der Waals surface area contributed by atoms with Crippen LogP contribution in [0.15, 0.2) is 42.5 Å². The van der Waals surface area contributed by atoms with Crippen LogP contribution < -0.4 is 5.73 Å². The van der Waals surface area contributed by atoms with Crippen LogP contribution in [0.1, 0.15) is 28.2 Å². The average Bonchev–Trinajstić information content (AvgIpc) is 2.52. The number of halogens is 5. The van der Waals surface area contributed by atoms with Gasteiger partial charge in [-0.2, -0.15) is 17.6 Å². The van der Waals surface area contributed by atoms with E-state index in [1.165, 1.54) is 30.3 Å². The first kappa shape index (κ1) is 15.0. The van der Waals surface area contributed by atoms with Gasteiger partial charge in [0.2, 0.25) is 0 Å². The Morgan fingerprint density at radius 3 is 2.18 bits per heavy atom. The van der Waals surface area contributed by atoms with Gasteiger partial charge >= 0.3 is 11.8 Å². The Bertz CT molecular complexity index is 726. The van der Waals surface area contributed by atoms with Crippen molar-refractivity contribution in [2.75, 3.05) is 6.54 Å². The molecule has 1 aliphatic rings. The minimum absolute atomic E-state index is 0.000903. The van der Waals surface area contributed by atoms with Gasteiger partial charge in [-0.25, -0.2) is 4.39 Å². The first-order valence-corrected chi connectivity index (χ1v) is 6.66.